The van der Waals surface area contributed by atoms with Gasteiger partial charge in [0.2, 0.25) is 11.8 Å². The summed E-state index contributed by atoms with van der Waals surface area (Å²) >= 11 is 5.32. The monoisotopic (exact) mass is 419 g/mol. The summed E-state index contributed by atoms with van der Waals surface area (Å²) in [6.07, 6.45) is 6.56. The highest BCUT2D eigenvalue weighted by atomic mass is 32.1. The zero-order valence-electron chi connectivity index (χ0n) is 16.6. The van der Waals surface area contributed by atoms with Crippen molar-refractivity contribution in [3.05, 3.63) is 34.9 Å². The molecule has 0 bridgehead atoms. The lowest BCUT2D eigenvalue weighted by molar-refractivity contribution is -0.929. The van der Waals surface area contributed by atoms with Gasteiger partial charge >= 0.3 is 0 Å². The van der Waals surface area contributed by atoms with Crippen LogP contribution in [-0.2, 0) is 11.5 Å². The molecule has 4 rings (SSSR count). The highest BCUT2D eigenvalue weighted by Gasteiger charge is 2.31. The van der Waals surface area contributed by atoms with E-state index in [1.807, 2.05) is 0 Å². The molecule has 156 valence electrons. The van der Waals surface area contributed by atoms with E-state index in [-0.39, 0.29) is 11.7 Å². The number of carbonyl (C=O) groups is 1. The molecule has 2 fully saturated rings. The molecule has 1 aromatic heterocycles. The maximum Gasteiger partial charge on any atom is 0.292 e. The Bertz CT molecular complexity index is 879. The number of likely N-dealkylation sites (tertiary alicyclic amines) is 2. The van der Waals surface area contributed by atoms with Crippen molar-refractivity contribution in [2.75, 3.05) is 26.2 Å². The van der Waals surface area contributed by atoms with Crippen LogP contribution in [0.1, 0.15) is 38.5 Å². The number of hydrogen-bond donors (Lipinski definition) is 1. The predicted molar refractivity (Wildman–Crippen MR) is 109 cm³/mol. The Labute approximate surface area is 175 Å². The Balaban J connectivity index is 1.33. The van der Waals surface area contributed by atoms with Gasteiger partial charge in [0.1, 0.15) is 5.82 Å². The number of quaternary nitrogens is 1. The van der Waals surface area contributed by atoms with Gasteiger partial charge in [-0.15, -0.1) is 5.10 Å². The second kappa shape index (κ2) is 9.17. The first-order valence-electron chi connectivity index (χ1n) is 10.6. The number of carbonyl (C=O) groups excluding carboxylic acids is 1. The number of piperidine rings is 1. The summed E-state index contributed by atoms with van der Waals surface area (Å²) in [5.74, 6) is 0.606. The first-order valence-corrected chi connectivity index (χ1v) is 11.0. The average molecular weight is 420 g/mol. The lowest BCUT2D eigenvalue weighted by Crippen LogP contribution is -3.12. The van der Waals surface area contributed by atoms with Crippen molar-refractivity contribution in [3.63, 3.8) is 0 Å². The standard InChI is InChI=1S/C21H27FN4O2S/c22-18-7-5-16(6-8-18)19-23-26(21(29)28-19)15-24-13-9-17(10-14-24)20(27)25-11-3-1-2-4-12-25/h5-8,17H,1-4,9-15H2/p+1. The smallest absolute Gasteiger partial charge is 0.292 e. The Morgan fingerprint density at radius 1 is 1.14 bits per heavy atom. The molecule has 1 aromatic carbocycles. The number of nitrogens with one attached hydrogen (secondary N) is 1. The van der Waals surface area contributed by atoms with E-state index in [1.54, 1.807) is 16.8 Å². The van der Waals surface area contributed by atoms with E-state index in [9.17, 15) is 9.18 Å². The number of aromatic nitrogens is 2. The van der Waals surface area contributed by atoms with Crippen LogP contribution in [0.4, 0.5) is 4.39 Å². The first-order chi connectivity index (χ1) is 14.1. The summed E-state index contributed by atoms with van der Waals surface area (Å²) in [5, 5.41) is 4.47. The number of nitrogens with zero attached hydrogens (tertiary/aromatic N) is 3. The molecule has 8 heteroatoms. The minimum Gasteiger partial charge on any atom is -0.409 e. The second-order valence-corrected chi connectivity index (χ2v) is 8.45. The fourth-order valence-electron chi connectivity index (χ4n) is 4.31. The summed E-state index contributed by atoms with van der Waals surface area (Å²) in [6.45, 7) is 4.31. The maximum atomic E-state index is 13.1. The van der Waals surface area contributed by atoms with Gasteiger partial charge in [0, 0.05) is 37.4 Å². The number of halogens is 1. The molecule has 0 spiro atoms. The molecular formula is C21H28FN4O2S+. The van der Waals surface area contributed by atoms with E-state index in [0.717, 1.165) is 51.9 Å². The normalized spacial score (nSPS) is 23.0. The van der Waals surface area contributed by atoms with Crippen LogP contribution >= 0.6 is 12.2 Å². The van der Waals surface area contributed by atoms with Crippen molar-refractivity contribution in [1.29, 1.82) is 0 Å². The van der Waals surface area contributed by atoms with Crippen LogP contribution in [0.5, 0.6) is 0 Å². The molecule has 1 amide bonds. The summed E-state index contributed by atoms with van der Waals surface area (Å²) < 4.78 is 20.4. The van der Waals surface area contributed by atoms with Gasteiger partial charge in [-0.25, -0.2) is 4.39 Å². The third-order valence-electron chi connectivity index (χ3n) is 6.03. The van der Waals surface area contributed by atoms with Gasteiger partial charge in [-0.2, -0.15) is 4.68 Å². The van der Waals surface area contributed by atoms with Crippen molar-refractivity contribution in [2.24, 2.45) is 5.92 Å². The quantitative estimate of drug-likeness (QED) is 0.775. The Morgan fingerprint density at radius 3 is 2.45 bits per heavy atom. The van der Waals surface area contributed by atoms with Crippen molar-refractivity contribution in [3.8, 4) is 11.5 Å². The number of rotatable bonds is 4. The van der Waals surface area contributed by atoms with Crippen molar-refractivity contribution in [1.82, 2.24) is 14.7 Å². The second-order valence-electron chi connectivity index (χ2n) is 8.10. The van der Waals surface area contributed by atoms with Crippen LogP contribution in [0, 0.1) is 16.6 Å². The number of amides is 1. The van der Waals surface area contributed by atoms with Crippen LogP contribution in [0.2, 0.25) is 0 Å². The van der Waals surface area contributed by atoms with Gasteiger partial charge in [0.25, 0.3) is 4.84 Å². The van der Waals surface area contributed by atoms with Crippen LogP contribution in [0.25, 0.3) is 11.5 Å². The van der Waals surface area contributed by atoms with E-state index in [0.29, 0.717) is 28.9 Å². The summed E-state index contributed by atoms with van der Waals surface area (Å²) in [7, 11) is 0. The molecule has 0 radical (unpaired) electrons. The highest BCUT2D eigenvalue weighted by molar-refractivity contribution is 7.71. The topological polar surface area (TPSA) is 55.7 Å². The first kappa shape index (κ1) is 20.2. The van der Waals surface area contributed by atoms with Gasteiger partial charge in [-0.1, -0.05) is 12.8 Å². The highest BCUT2D eigenvalue weighted by Crippen LogP contribution is 2.19. The molecule has 0 saturated carbocycles. The average Bonchev–Trinajstić information content (AvgIpc) is 2.94. The van der Waals surface area contributed by atoms with Gasteiger partial charge in [-0.3, -0.25) is 4.79 Å². The third kappa shape index (κ3) is 4.93. The SMILES string of the molecule is O=C(C1CC[NH+](Cn2nc(-c3ccc(F)cc3)oc2=S)CC1)N1CCCCCC1. The fourth-order valence-corrected chi connectivity index (χ4v) is 4.49. The van der Waals surface area contributed by atoms with E-state index in [1.165, 1.54) is 29.9 Å². The molecule has 2 aromatic rings. The minimum absolute atomic E-state index is 0.150. The molecule has 2 saturated heterocycles. The van der Waals surface area contributed by atoms with Crippen molar-refractivity contribution >= 4 is 18.1 Å². The predicted octanol–water partition coefficient (Wildman–Crippen LogP) is 2.67. The van der Waals surface area contributed by atoms with Crippen LogP contribution in [0.3, 0.4) is 0 Å². The van der Waals surface area contributed by atoms with Gasteiger partial charge in [0.05, 0.1) is 13.1 Å². The molecule has 29 heavy (non-hydrogen) atoms. The molecular weight excluding hydrogens is 391 g/mol. The molecule has 0 unspecified atom stereocenters. The number of hydrogen-bond acceptors (Lipinski definition) is 4. The Hall–Kier alpha value is -2.06. The van der Waals surface area contributed by atoms with Gasteiger partial charge in [-0.05, 0) is 49.3 Å². The van der Waals surface area contributed by atoms with E-state index in [2.05, 4.69) is 10.00 Å². The van der Waals surface area contributed by atoms with Gasteiger partial charge in [0.15, 0.2) is 6.67 Å². The third-order valence-corrected chi connectivity index (χ3v) is 6.32. The molecule has 1 N–H and O–H groups in total. The molecule has 0 aliphatic carbocycles. The molecule has 2 aliphatic rings. The Kier molecular flexibility index (Phi) is 6.40. The molecule has 2 aliphatic heterocycles. The zero-order chi connectivity index (χ0) is 20.2. The minimum atomic E-state index is -0.297. The summed E-state index contributed by atoms with van der Waals surface area (Å²) in [5.41, 5.74) is 0.702. The molecule has 3 heterocycles. The number of benzene rings is 1. The largest absolute Gasteiger partial charge is 0.409 e. The zero-order valence-corrected chi connectivity index (χ0v) is 17.4. The van der Waals surface area contributed by atoms with Crippen molar-refractivity contribution < 1.29 is 18.5 Å². The Morgan fingerprint density at radius 2 is 1.79 bits per heavy atom. The molecule has 6 nitrogen and oxygen atoms in total. The lowest BCUT2D eigenvalue weighted by Gasteiger charge is -2.31. The summed E-state index contributed by atoms with van der Waals surface area (Å²) in [6, 6.07) is 6.02. The lowest BCUT2D eigenvalue weighted by atomic mass is 9.95. The van der Waals surface area contributed by atoms with E-state index < -0.39 is 0 Å². The van der Waals surface area contributed by atoms with E-state index in [4.69, 9.17) is 16.6 Å². The fraction of sp³-hybridized carbons (Fsp3) is 0.571. The van der Waals surface area contributed by atoms with Crippen LogP contribution < -0.4 is 4.90 Å². The maximum absolute atomic E-state index is 13.1. The van der Waals surface area contributed by atoms with Crippen molar-refractivity contribution in [2.45, 2.75) is 45.2 Å². The van der Waals surface area contributed by atoms with E-state index >= 15 is 0 Å². The van der Waals surface area contributed by atoms with Crippen LogP contribution in [-0.4, -0.2) is 46.8 Å². The summed E-state index contributed by atoms with van der Waals surface area (Å²) in [4.78, 5) is 16.6. The van der Waals surface area contributed by atoms with Crippen LogP contribution in [0.15, 0.2) is 28.7 Å². The van der Waals surface area contributed by atoms with Gasteiger partial charge < -0.3 is 14.2 Å². The molecule has 0 atom stereocenters.